The molecule has 0 bridgehead atoms. The van der Waals surface area contributed by atoms with Crippen molar-refractivity contribution in [2.45, 2.75) is 25.7 Å². The average Bonchev–Trinajstić information content (AvgIpc) is 3.10. The Balaban J connectivity index is 1.48. The summed E-state index contributed by atoms with van der Waals surface area (Å²) in [6.07, 6.45) is 3.81. The van der Waals surface area contributed by atoms with Gasteiger partial charge in [0, 0.05) is 13.0 Å². The standard InChI is InChI=1S/C14H17NO3/c16-14(15-8-11-1-2-11)6-4-10-3-5-12-13(7-10)18-9-17-12/h3,5,7,11H,1-2,4,6,8-9H2,(H,15,16). The molecule has 1 aromatic carbocycles. The molecule has 1 amide bonds. The van der Waals surface area contributed by atoms with Crippen molar-refractivity contribution in [3.63, 3.8) is 0 Å². The quantitative estimate of drug-likeness (QED) is 0.864. The van der Waals surface area contributed by atoms with Gasteiger partial charge in [-0.25, -0.2) is 0 Å². The minimum absolute atomic E-state index is 0.138. The minimum atomic E-state index is 0.138. The number of aryl methyl sites for hydroxylation is 1. The largest absolute Gasteiger partial charge is 0.454 e. The van der Waals surface area contributed by atoms with E-state index >= 15 is 0 Å². The molecule has 0 radical (unpaired) electrons. The number of rotatable bonds is 5. The monoisotopic (exact) mass is 247 g/mol. The lowest BCUT2D eigenvalue weighted by Crippen LogP contribution is -2.25. The number of hydrogen-bond donors (Lipinski definition) is 1. The first-order valence-electron chi connectivity index (χ1n) is 6.46. The second-order valence-electron chi connectivity index (χ2n) is 4.94. The van der Waals surface area contributed by atoms with Gasteiger partial charge >= 0.3 is 0 Å². The van der Waals surface area contributed by atoms with Crippen LogP contribution in [-0.2, 0) is 11.2 Å². The molecule has 1 aliphatic heterocycles. The maximum absolute atomic E-state index is 11.6. The fraction of sp³-hybridized carbons (Fsp3) is 0.500. The first-order chi connectivity index (χ1) is 8.81. The molecule has 0 unspecified atom stereocenters. The Hall–Kier alpha value is -1.71. The van der Waals surface area contributed by atoms with Crippen molar-refractivity contribution >= 4 is 5.91 Å². The molecule has 18 heavy (non-hydrogen) atoms. The number of carbonyl (C=O) groups is 1. The number of amides is 1. The molecule has 1 aliphatic carbocycles. The predicted octanol–water partition coefficient (Wildman–Crippen LogP) is 1.87. The van der Waals surface area contributed by atoms with E-state index in [-0.39, 0.29) is 5.91 Å². The van der Waals surface area contributed by atoms with Crippen LogP contribution in [0.25, 0.3) is 0 Å². The van der Waals surface area contributed by atoms with E-state index < -0.39 is 0 Å². The van der Waals surface area contributed by atoms with Crippen LogP contribution in [0.5, 0.6) is 11.5 Å². The normalized spacial score (nSPS) is 16.7. The molecule has 96 valence electrons. The average molecular weight is 247 g/mol. The van der Waals surface area contributed by atoms with Crippen LogP contribution in [0.15, 0.2) is 18.2 Å². The molecule has 1 fully saturated rings. The van der Waals surface area contributed by atoms with Crippen molar-refractivity contribution in [2.24, 2.45) is 5.92 Å². The van der Waals surface area contributed by atoms with E-state index in [0.717, 1.165) is 35.9 Å². The van der Waals surface area contributed by atoms with Gasteiger partial charge in [0.2, 0.25) is 12.7 Å². The molecule has 3 rings (SSSR count). The van der Waals surface area contributed by atoms with Gasteiger partial charge in [0.25, 0.3) is 0 Å². The first-order valence-corrected chi connectivity index (χ1v) is 6.46. The summed E-state index contributed by atoms with van der Waals surface area (Å²) in [5.74, 6) is 2.45. The zero-order chi connectivity index (χ0) is 12.4. The zero-order valence-corrected chi connectivity index (χ0v) is 10.3. The fourth-order valence-electron chi connectivity index (χ4n) is 2.02. The van der Waals surface area contributed by atoms with Gasteiger partial charge in [-0.05, 0) is 42.9 Å². The van der Waals surface area contributed by atoms with E-state index in [9.17, 15) is 4.79 Å². The van der Waals surface area contributed by atoms with E-state index in [2.05, 4.69) is 5.32 Å². The van der Waals surface area contributed by atoms with Crippen LogP contribution in [-0.4, -0.2) is 19.2 Å². The summed E-state index contributed by atoms with van der Waals surface area (Å²) in [5.41, 5.74) is 1.11. The predicted molar refractivity (Wildman–Crippen MR) is 66.6 cm³/mol. The summed E-state index contributed by atoms with van der Waals surface area (Å²) < 4.78 is 10.6. The van der Waals surface area contributed by atoms with Crippen LogP contribution in [0.3, 0.4) is 0 Å². The van der Waals surface area contributed by atoms with Gasteiger partial charge < -0.3 is 14.8 Å². The topological polar surface area (TPSA) is 47.6 Å². The smallest absolute Gasteiger partial charge is 0.231 e. The molecule has 0 atom stereocenters. The lowest BCUT2D eigenvalue weighted by atomic mass is 10.1. The Morgan fingerprint density at radius 1 is 1.28 bits per heavy atom. The van der Waals surface area contributed by atoms with Gasteiger partial charge in [0.05, 0.1) is 0 Å². The van der Waals surface area contributed by atoms with Crippen molar-refractivity contribution < 1.29 is 14.3 Å². The summed E-state index contributed by atoms with van der Waals surface area (Å²) in [6, 6.07) is 5.85. The van der Waals surface area contributed by atoms with Gasteiger partial charge in [-0.3, -0.25) is 4.79 Å². The van der Waals surface area contributed by atoms with E-state index in [4.69, 9.17) is 9.47 Å². The second-order valence-corrected chi connectivity index (χ2v) is 4.94. The van der Waals surface area contributed by atoms with E-state index in [1.807, 2.05) is 18.2 Å². The first kappa shape index (κ1) is 11.4. The maximum atomic E-state index is 11.6. The third kappa shape index (κ3) is 2.75. The third-order valence-corrected chi connectivity index (χ3v) is 3.36. The van der Waals surface area contributed by atoms with Gasteiger partial charge in [-0.15, -0.1) is 0 Å². The highest BCUT2D eigenvalue weighted by molar-refractivity contribution is 5.76. The number of benzene rings is 1. The zero-order valence-electron chi connectivity index (χ0n) is 10.3. The van der Waals surface area contributed by atoms with E-state index in [0.29, 0.717) is 13.2 Å². The van der Waals surface area contributed by atoms with Crippen molar-refractivity contribution in [1.82, 2.24) is 5.32 Å². The summed E-state index contributed by atoms with van der Waals surface area (Å²) in [7, 11) is 0. The molecule has 0 spiro atoms. The lowest BCUT2D eigenvalue weighted by molar-refractivity contribution is -0.121. The molecule has 1 heterocycles. The van der Waals surface area contributed by atoms with E-state index in [1.165, 1.54) is 12.8 Å². The Morgan fingerprint density at radius 2 is 2.11 bits per heavy atom. The number of ether oxygens (including phenoxy) is 2. The van der Waals surface area contributed by atoms with E-state index in [1.54, 1.807) is 0 Å². The molecule has 4 nitrogen and oxygen atoms in total. The maximum Gasteiger partial charge on any atom is 0.231 e. The lowest BCUT2D eigenvalue weighted by Gasteiger charge is -2.05. The molecular formula is C14H17NO3. The van der Waals surface area contributed by atoms with Gasteiger partial charge in [-0.2, -0.15) is 0 Å². The summed E-state index contributed by atoms with van der Waals surface area (Å²) in [4.78, 5) is 11.6. The molecule has 0 aromatic heterocycles. The third-order valence-electron chi connectivity index (χ3n) is 3.36. The van der Waals surface area contributed by atoms with Crippen LogP contribution in [0.1, 0.15) is 24.8 Å². The Labute approximate surface area is 106 Å². The molecule has 1 aromatic rings. The van der Waals surface area contributed by atoms with Crippen molar-refractivity contribution in [1.29, 1.82) is 0 Å². The Kier molecular flexibility index (Phi) is 3.09. The van der Waals surface area contributed by atoms with Gasteiger partial charge in [0.15, 0.2) is 11.5 Å². The van der Waals surface area contributed by atoms with Crippen molar-refractivity contribution in [3.05, 3.63) is 23.8 Å². The van der Waals surface area contributed by atoms with Gasteiger partial charge in [-0.1, -0.05) is 6.07 Å². The Morgan fingerprint density at radius 3 is 2.94 bits per heavy atom. The van der Waals surface area contributed by atoms with Crippen LogP contribution >= 0.6 is 0 Å². The van der Waals surface area contributed by atoms with Crippen molar-refractivity contribution in [3.8, 4) is 11.5 Å². The second kappa shape index (κ2) is 4.88. The summed E-state index contributed by atoms with van der Waals surface area (Å²) in [5, 5.41) is 2.97. The summed E-state index contributed by atoms with van der Waals surface area (Å²) >= 11 is 0. The number of carbonyl (C=O) groups excluding carboxylic acids is 1. The molecule has 4 heteroatoms. The van der Waals surface area contributed by atoms with Gasteiger partial charge in [0.1, 0.15) is 0 Å². The molecule has 1 N–H and O–H groups in total. The molecule has 0 saturated heterocycles. The number of fused-ring (bicyclic) bond motifs is 1. The van der Waals surface area contributed by atoms with Crippen LogP contribution in [0.4, 0.5) is 0 Å². The van der Waals surface area contributed by atoms with Crippen LogP contribution in [0.2, 0.25) is 0 Å². The highest BCUT2D eigenvalue weighted by Gasteiger charge is 2.21. The number of nitrogens with one attached hydrogen (secondary N) is 1. The number of hydrogen-bond acceptors (Lipinski definition) is 3. The van der Waals surface area contributed by atoms with Crippen LogP contribution in [0, 0.1) is 5.92 Å². The minimum Gasteiger partial charge on any atom is -0.454 e. The fourth-order valence-corrected chi connectivity index (χ4v) is 2.02. The molecule has 1 saturated carbocycles. The van der Waals surface area contributed by atoms with Crippen LogP contribution < -0.4 is 14.8 Å². The SMILES string of the molecule is O=C(CCc1ccc2c(c1)OCO2)NCC1CC1. The highest BCUT2D eigenvalue weighted by Crippen LogP contribution is 2.32. The summed E-state index contributed by atoms with van der Waals surface area (Å²) in [6.45, 7) is 1.14. The highest BCUT2D eigenvalue weighted by atomic mass is 16.7. The molecule has 2 aliphatic rings. The van der Waals surface area contributed by atoms with Crippen molar-refractivity contribution in [2.75, 3.05) is 13.3 Å². The molecular weight excluding hydrogens is 230 g/mol. The Bertz CT molecular complexity index is 454.